The molecule has 1 saturated heterocycles. The van der Waals surface area contributed by atoms with Gasteiger partial charge in [0.05, 0.1) is 5.92 Å². The van der Waals surface area contributed by atoms with Crippen LogP contribution in [0.2, 0.25) is 0 Å². The lowest BCUT2D eigenvalue weighted by molar-refractivity contribution is -0.136. The molecule has 1 aromatic rings. The van der Waals surface area contributed by atoms with Crippen molar-refractivity contribution in [3.8, 4) is 0 Å². The molecule has 0 aromatic heterocycles. The van der Waals surface area contributed by atoms with E-state index in [4.69, 9.17) is 0 Å². The van der Waals surface area contributed by atoms with Crippen LogP contribution in [-0.4, -0.2) is 29.4 Å². The van der Waals surface area contributed by atoms with Crippen molar-refractivity contribution in [1.29, 1.82) is 0 Å². The van der Waals surface area contributed by atoms with Gasteiger partial charge >= 0.3 is 0 Å². The van der Waals surface area contributed by atoms with E-state index in [2.05, 4.69) is 42.3 Å². The highest BCUT2D eigenvalue weighted by Gasteiger charge is 2.36. The van der Waals surface area contributed by atoms with Gasteiger partial charge in [-0.1, -0.05) is 25.1 Å². The molecule has 1 fully saturated rings. The minimum Gasteiger partial charge on any atom is -0.382 e. The molecule has 3 atom stereocenters. The summed E-state index contributed by atoms with van der Waals surface area (Å²) in [6.45, 7) is 5.27. The van der Waals surface area contributed by atoms with E-state index in [1.165, 1.54) is 17.7 Å². The summed E-state index contributed by atoms with van der Waals surface area (Å²) >= 11 is 0. The smallest absolute Gasteiger partial charge is 0.228 e. The Morgan fingerprint density at radius 2 is 2.20 bits per heavy atom. The Morgan fingerprint density at radius 1 is 1.40 bits per heavy atom. The van der Waals surface area contributed by atoms with E-state index in [9.17, 15) is 4.79 Å². The molecule has 3 heteroatoms. The van der Waals surface area contributed by atoms with Gasteiger partial charge in [0.2, 0.25) is 5.91 Å². The van der Waals surface area contributed by atoms with E-state index in [1.54, 1.807) is 0 Å². The highest BCUT2D eigenvalue weighted by Crippen LogP contribution is 2.31. The van der Waals surface area contributed by atoms with Gasteiger partial charge in [-0.05, 0) is 44.2 Å². The van der Waals surface area contributed by atoms with E-state index < -0.39 is 0 Å². The molecule has 0 saturated carbocycles. The first-order chi connectivity index (χ1) is 9.70. The van der Waals surface area contributed by atoms with Crippen LogP contribution in [0.25, 0.3) is 0 Å². The quantitative estimate of drug-likeness (QED) is 0.897. The Morgan fingerprint density at radius 3 is 3.00 bits per heavy atom. The van der Waals surface area contributed by atoms with Gasteiger partial charge in [-0.25, -0.2) is 0 Å². The van der Waals surface area contributed by atoms with Crippen LogP contribution >= 0.6 is 0 Å². The molecule has 0 spiro atoms. The summed E-state index contributed by atoms with van der Waals surface area (Å²) in [4.78, 5) is 15.0. The van der Waals surface area contributed by atoms with Crippen molar-refractivity contribution in [2.45, 2.75) is 51.6 Å². The molecule has 1 N–H and O–H groups in total. The number of rotatable bonds is 2. The number of amides is 1. The number of carbonyl (C=O) groups is 1. The zero-order chi connectivity index (χ0) is 14.1. The lowest BCUT2D eigenvalue weighted by Gasteiger charge is -2.35. The SMILES string of the molecule is CCC1CCCN1C(=O)C1Cc2ccccc2NC1C. The number of para-hydroxylation sites is 1. The summed E-state index contributed by atoms with van der Waals surface area (Å²) in [5.74, 6) is 0.431. The standard InChI is InChI=1S/C17H24N2O/c1-3-14-8-6-10-19(14)17(20)15-11-13-7-4-5-9-16(13)18-12(15)2/h4-5,7,9,12,14-15,18H,3,6,8,10-11H2,1-2H3. The van der Waals surface area contributed by atoms with Crippen LogP contribution in [0.5, 0.6) is 0 Å². The Hall–Kier alpha value is -1.51. The second-order valence-electron chi connectivity index (χ2n) is 6.14. The minimum absolute atomic E-state index is 0.0806. The molecule has 1 aromatic carbocycles. The number of hydrogen-bond donors (Lipinski definition) is 1. The average molecular weight is 272 g/mol. The third-order valence-electron chi connectivity index (χ3n) is 4.89. The lowest BCUT2D eigenvalue weighted by atomic mass is 9.87. The molecular formula is C17H24N2O. The van der Waals surface area contributed by atoms with Crippen molar-refractivity contribution in [2.75, 3.05) is 11.9 Å². The fourth-order valence-electron chi connectivity index (χ4n) is 3.66. The number of likely N-dealkylation sites (tertiary alicyclic amines) is 1. The molecule has 3 rings (SSSR count). The number of fused-ring (bicyclic) bond motifs is 1. The molecule has 2 aliphatic rings. The number of anilines is 1. The second-order valence-corrected chi connectivity index (χ2v) is 6.14. The first-order valence-corrected chi connectivity index (χ1v) is 7.85. The number of benzene rings is 1. The summed E-state index contributed by atoms with van der Waals surface area (Å²) in [5, 5.41) is 3.50. The highest BCUT2D eigenvalue weighted by molar-refractivity contribution is 5.82. The molecular weight excluding hydrogens is 248 g/mol. The van der Waals surface area contributed by atoms with Gasteiger partial charge in [0.15, 0.2) is 0 Å². The number of carbonyl (C=O) groups excluding carboxylic acids is 1. The van der Waals surface area contributed by atoms with Crippen LogP contribution in [0.3, 0.4) is 0 Å². The lowest BCUT2D eigenvalue weighted by Crippen LogP contribution is -2.47. The molecule has 0 radical (unpaired) electrons. The summed E-state index contributed by atoms with van der Waals surface area (Å²) in [6, 6.07) is 9.03. The zero-order valence-corrected chi connectivity index (χ0v) is 12.4. The van der Waals surface area contributed by atoms with Gasteiger partial charge in [0, 0.05) is 24.3 Å². The van der Waals surface area contributed by atoms with Gasteiger partial charge in [-0.15, -0.1) is 0 Å². The van der Waals surface area contributed by atoms with Gasteiger partial charge in [0.25, 0.3) is 0 Å². The van der Waals surface area contributed by atoms with Crippen molar-refractivity contribution in [3.63, 3.8) is 0 Å². The monoisotopic (exact) mass is 272 g/mol. The van der Waals surface area contributed by atoms with Crippen LogP contribution in [0.4, 0.5) is 5.69 Å². The molecule has 1 amide bonds. The Labute approximate surface area is 121 Å². The van der Waals surface area contributed by atoms with Crippen molar-refractivity contribution >= 4 is 11.6 Å². The third kappa shape index (κ3) is 2.30. The maximum atomic E-state index is 12.9. The van der Waals surface area contributed by atoms with Gasteiger partial charge in [-0.2, -0.15) is 0 Å². The number of hydrogen-bond acceptors (Lipinski definition) is 2. The predicted molar refractivity (Wildman–Crippen MR) is 81.7 cm³/mol. The summed E-state index contributed by atoms with van der Waals surface area (Å²) < 4.78 is 0. The molecule has 3 unspecified atom stereocenters. The van der Waals surface area contributed by atoms with Gasteiger partial charge in [-0.3, -0.25) is 4.79 Å². The average Bonchev–Trinajstić information content (AvgIpc) is 2.94. The zero-order valence-electron chi connectivity index (χ0n) is 12.4. The first kappa shape index (κ1) is 13.5. The first-order valence-electron chi connectivity index (χ1n) is 7.85. The fourth-order valence-corrected chi connectivity index (χ4v) is 3.66. The van der Waals surface area contributed by atoms with E-state index >= 15 is 0 Å². The predicted octanol–water partition coefficient (Wildman–Crippen LogP) is 3.06. The van der Waals surface area contributed by atoms with Crippen LogP contribution in [0, 0.1) is 5.92 Å². The molecule has 0 aliphatic carbocycles. The molecule has 20 heavy (non-hydrogen) atoms. The fraction of sp³-hybridized carbons (Fsp3) is 0.588. The van der Waals surface area contributed by atoms with E-state index in [0.717, 1.165) is 25.8 Å². The number of nitrogens with zero attached hydrogens (tertiary/aromatic N) is 1. The maximum absolute atomic E-state index is 12.9. The summed E-state index contributed by atoms with van der Waals surface area (Å²) in [6.07, 6.45) is 4.29. The normalized spacial score (nSPS) is 28.9. The summed E-state index contributed by atoms with van der Waals surface area (Å²) in [5.41, 5.74) is 2.47. The van der Waals surface area contributed by atoms with Crippen LogP contribution in [-0.2, 0) is 11.2 Å². The van der Waals surface area contributed by atoms with Crippen LogP contribution < -0.4 is 5.32 Å². The summed E-state index contributed by atoms with van der Waals surface area (Å²) in [7, 11) is 0. The van der Waals surface area contributed by atoms with Crippen molar-refractivity contribution in [2.24, 2.45) is 5.92 Å². The Kier molecular flexibility index (Phi) is 3.68. The minimum atomic E-state index is 0.0806. The molecule has 2 aliphatic heterocycles. The van der Waals surface area contributed by atoms with Crippen molar-refractivity contribution < 1.29 is 4.79 Å². The van der Waals surface area contributed by atoms with E-state index in [-0.39, 0.29) is 12.0 Å². The Balaban J connectivity index is 1.79. The van der Waals surface area contributed by atoms with Gasteiger partial charge in [0.1, 0.15) is 0 Å². The van der Waals surface area contributed by atoms with E-state index in [0.29, 0.717) is 11.9 Å². The number of nitrogens with one attached hydrogen (secondary N) is 1. The molecule has 0 bridgehead atoms. The van der Waals surface area contributed by atoms with Gasteiger partial charge < -0.3 is 10.2 Å². The largest absolute Gasteiger partial charge is 0.382 e. The van der Waals surface area contributed by atoms with Crippen molar-refractivity contribution in [3.05, 3.63) is 29.8 Å². The van der Waals surface area contributed by atoms with E-state index in [1.807, 2.05) is 6.07 Å². The molecule has 2 heterocycles. The third-order valence-corrected chi connectivity index (χ3v) is 4.89. The highest BCUT2D eigenvalue weighted by atomic mass is 16.2. The molecule has 108 valence electrons. The second kappa shape index (κ2) is 5.47. The Bertz CT molecular complexity index is 500. The van der Waals surface area contributed by atoms with Crippen molar-refractivity contribution in [1.82, 2.24) is 4.90 Å². The molecule has 3 nitrogen and oxygen atoms in total. The topological polar surface area (TPSA) is 32.3 Å². The maximum Gasteiger partial charge on any atom is 0.228 e. The van der Waals surface area contributed by atoms with Crippen LogP contribution in [0.1, 0.15) is 38.7 Å². The van der Waals surface area contributed by atoms with Crippen LogP contribution in [0.15, 0.2) is 24.3 Å².